The van der Waals surface area contributed by atoms with Gasteiger partial charge in [0.05, 0.1) is 28.7 Å². The molecule has 8 nitrogen and oxygen atoms in total. The first-order chi connectivity index (χ1) is 15.0. The number of hydrogen-bond acceptors (Lipinski definition) is 7. The maximum Gasteiger partial charge on any atom is 0.266 e. The third-order valence-corrected chi connectivity index (χ3v) is 6.00. The molecule has 0 unspecified atom stereocenters. The second kappa shape index (κ2) is 7.51. The summed E-state index contributed by atoms with van der Waals surface area (Å²) in [5.74, 6) is 1.35. The molecule has 3 N–H and O–H groups in total. The minimum atomic E-state index is -0.0869. The van der Waals surface area contributed by atoms with Crippen LogP contribution in [0.2, 0.25) is 0 Å². The van der Waals surface area contributed by atoms with Crippen LogP contribution in [0, 0.1) is 13.8 Å². The molecule has 154 valence electrons. The Morgan fingerprint density at radius 3 is 2.68 bits per heavy atom. The molecule has 31 heavy (non-hydrogen) atoms. The molecule has 0 amide bonds. The standard InChI is InChI=1S/C22H19N7OS/c1-12-6-3-4-9-15(12)29-16(26-14-8-5-7-13(2)17(14)21(29)30)10-31-22-27-19(23)18-20(28-22)25-11-24-18/h3-9,11H,10H2,1-2H3,(H3,23,24,25,27,28). The number of nitrogens with zero attached hydrogens (tertiary/aromatic N) is 5. The van der Waals surface area contributed by atoms with Crippen molar-refractivity contribution in [3.8, 4) is 5.69 Å². The van der Waals surface area contributed by atoms with Crippen LogP contribution in [0.3, 0.4) is 0 Å². The topological polar surface area (TPSA) is 115 Å². The fourth-order valence-corrected chi connectivity index (χ4v) is 4.40. The normalized spacial score (nSPS) is 11.4. The summed E-state index contributed by atoms with van der Waals surface area (Å²) in [7, 11) is 0. The number of anilines is 1. The van der Waals surface area contributed by atoms with Crippen LogP contribution in [0.15, 0.2) is 58.7 Å². The molecule has 0 spiro atoms. The van der Waals surface area contributed by atoms with Crippen LogP contribution in [-0.2, 0) is 5.75 Å². The van der Waals surface area contributed by atoms with Crippen molar-refractivity contribution in [3.63, 3.8) is 0 Å². The van der Waals surface area contributed by atoms with Crippen molar-refractivity contribution < 1.29 is 0 Å². The van der Waals surface area contributed by atoms with Crippen molar-refractivity contribution in [3.05, 3.63) is 76.1 Å². The number of H-pyrrole nitrogens is 1. The molecule has 0 saturated carbocycles. The summed E-state index contributed by atoms with van der Waals surface area (Å²) in [5, 5.41) is 1.10. The summed E-state index contributed by atoms with van der Waals surface area (Å²) >= 11 is 1.36. The van der Waals surface area contributed by atoms with Gasteiger partial charge in [0.15, 0.2) is 16.6 Å². The van der Waals surface area contributed by atoms with Crippen LogP contribution in [0.1, 0.15) is 17.0 Å². The third-order valence-electron chi connectivity index (χ3n) is 5.16. The molecule has 3 aromatic heterocycles. The van der Waals surface area contributed by atoms with Crippen LogP contribution >= 0.6 is 11.8 Å². The number of thioether (sulfide) groups is 1. The average molecular weight is 430 g/mol. The van der Waals surface area contributed by atoms with E-state index in [1.54, 1.807) is 4.57 Å². The monoisotopic (exact) mass is 429 g/mol. The van der Waals surface area contributed by atoms with Crippen LogP contribution in [-0.4, -0.2) is 29.5 Å². The number of benzene rings is 2. The Bertz CT molecular complexity index is 1510. The number of rotatable bonds is 4. The number of para-hydroxylation sites is 1. The van der Waals surface area contributed by atoms with E-state index in [0.717, 1.165) is 16.8 Å². The quantitative estimate of drug-likeness (QED) is 0.332. The number of imidazole rings is 1. The number of fused-ring (bicyclic) bond motifs is 2. The van der Waals surface area contributed by atoms with Crippen molar-refractivity contribution >= 4 is 39.6 Å². The predicted molar refractivity (Wildman–Crippen MR) is 122 cm³/mol. The first-order valence-electron chi connectivity index (χ1n) is 9.69. The third kappa shape index (κ3) is 3.32. The van der Waals surface area contributed by atoms with Gasteiger partial charge in [-0.05, 0) is 37.1 Å². The summed E-state index contributed by atoms with van der Waals surface area (Å²) < 4.78 is 1.69. The fourth-order valence-electron chi connectivity index (χ4n) is 3.63. The molecule has 3 heterocycles. The van der Waals surface area contributed by atoms with E-state index < -0.39 is 0 Å². The molecule has 0 aliphatic carbocycles. The summed E-state index contributed by atoms with van der Waals surface area (Å²) in [4.78, 5) is 34.3. The van der Waals surface area contributed by atoms with Gasteiger partial charge >= 0.3 is 0 Å². The van der Waals surface area contributed by atoms with Gasteiger partial charge in [-0.15, -0.1) is 0 Å². The lowest BCUT2D eigenvalue weighted by atomic mass is 10.1. The summed E-state index contributed by atoms with van der Waals surface area (Å²) in [5.41, 5.74) is 10.4. The van der Waals surface area contributed by atoms with Gasteiger partial charge in [-0.1, -0.05) is 42.1 Å². The number of nitrogens with two attached hydrogens (primary N) is 1. The first-order valence-corrected chi connectivity index (χ1v) is 10.7. The Morgan fingerprint density at radius 2 is 1.84 bits per heavy atom. The van der Waals surface area contributed by atoms with E-state index in [0.29, 0.717) is 44.6 Å². The van der Waals surface area contributed by atoms with E-state index in [1.165, 1.54) is 18.1 Å². The maximum atomic E-state index is 13.6. The average Bonchev–Trinajstić information content (AvgIpc) is 3.22. The van der Waals surface area contributed by atoms with E-state index >= 15 is 0 Å². The molecule has 0 radical (unpaired) electrons. The van der Waals surface area contributed by atoms with Crippen molar-refractivity contribution in [2.24, 2.45) is 0 Å². The van der Waals surface area contributed by atoms with E-state index in [9.17, 15) is 4.79 Å². The molecule has 5 rings (SSSR count). The molecule has 9 heteroatoms. The molecule has 0 aliphatic rings. The van der Waals surface area contributed by atoms with Crippen LogP contribution in [0.4, 0.5) is 5.82 Å². The van der Waals surface area contributed by atoms with Crippen molar-refractivity contribution in [2.45, 2.75) is 24.8 Å². The second-order valence-electron chi connectivity index (χ2n) is 7.21. The molecule has 0 bridgehead atoms. The van der Waals surface area contributed by atoms with Gasteiger partial charge in [-0.3, -0.25) is 9.36 Å². The van der Waals surface area contributed by atoms with Gasteiger partial charge in [-0.25, -0.2) is 19.9 Å². The van der Waals surface area contributed by atoms with Crippen LogP contribution < -0.4 is 11.3 Å². The highest BCUT2D eigenvalue weighted by atomic mass is 32.2. The highest BCUT2D eigenvalue weighted by molar-refractivity contribution is 7.98. The minimum absolute atomic E-state index is 0.0869. The van der Waals surface area contributed by atoms with Gasteiger partial charge in [0, 0.05) is 0 Å². The predicted octanol–water partition coefficient (Wildman–Crippen LogP) is 3.54. The van der Waals surface area contributed by atoms with E-state index in [-0.39, 0.29) is 5.56 Å². The van der Waals surface area contributed by atoms with Gasteiger partial charge in [0.2, 0.25) is 0 Å². The van der Waals surface area contributed by atoms with E-state index in [1.807, 2.05) is 56.3 Å². The zero-order valence-electron chi connectivity index (χ0n) is 17.0. The van der Waals surface area contributed by atoms with Gasteiger partial charge in [0.1, 0.15) is 11.3 Å². The number of nitrogens with one attached hydrogen (secondary N) is 1. The lowest BCUT2D eigenvalue weighted by molar-refractivity contribution is 0.873. The number of aromatic nitrogens is 6. The summed E-state index contributed by atoms with van der Waals surface area (Å²) in [6.07, 6.45) is 1.53. The van der Waals surface area contributed by atoms with Gasteiger partial charge in [-0.2, -0.15) is 0 Å². The van der Waals surface area contributed by atoms with Crippen LogP contribution in [0.25, 0.3) is 27.8 Å². The zero-order chi connectivity index (χ0) is 21.5. The lowest BCUT2D eigenvalue weighted by Crippen LogP contribution is -2.25. The second-order valence-corrected chi connectivity index (χ2v) is 8.15. The van der Waals surface area contributed by atoms with Crippen LogP contribution in [0.5, 0.6) is 0 Å². The first kappa shape index (κ1) is 19.3. The van der Waals surface area contributed by atoms with Gasteiger partial charge < -0.3 is 10.7 Å². The van der Waals surface area contributed by atoms with E-state index in [4.69, 9.17) is 10.7 Å². The fraction of sp³-hybridized carbons (Fsp3) is 0.136. The summed E-state index contributed by atoms with van der Waals surface area (Å²) in [6, 6.07) is 13.5. The Hall–Kier alpha value is -3.72. The smallest absolute Gasteiger partial charge is 0.266 e. The van der Waals surface area contributed by atoms with E-state index in [2.05, 4.69) is 19.9 Å². The Balaban J connectivity index is 1.65. The van der Waals surface area contributed by atoms with Crippen molar-refractivity contribution in [2.75, 3.05) is 5.73 Å². The Labute approximate surface area is 181 Å². The number of hydrogen-bond donors (Lipinski definition) is 2. The molecule has 0 saturated heterocycles. The summed E-state index contributed by atoms with van der Waals surface area (Å²) in [6.45, 7) is 3.91. The minimum Gasteiger partial charge on any atom is -0.382 e. The largest absolute Gasteiger partial charge is 0.382 e. The number of aromatic amines is 1. The highest BCUT2D eigenvalue weighted by Gasteiger charge is 2.17. The lowest BCUT2D eigenvalue weighted by Gasteiger charge is -2.16. The SMILES string of the molecule is Cc1ccccc1-n1c(CSc2nc(N)c3[nH]cnc3n2)nc2cccc(C)c2c1=O. The number of nitrogen functional groups attached to an aromatic ring is 1. The molecule has 2 aromatic carbocycles. The molecular formula is C22H19N7OS. The van der Waals surface area contributed by atoms with Crippen molar-refractivity contribution in [1.82, 2.24) is 29.5 Å². The molecule has 0 fully saturated rings. The van der Waals surface area contributed by atoms with Gasteiger partial charge in [0.25, 0.3) is 5.56 Å². The molecule has 0 atom stereocenters. The molecule has 5 aromatic rings. The Morgan fingerprint density at radius 1 is 1.03 bits per heavy atom. The number of aryl methyl sites for hydroxylation is 2. The molecule has 0 aliphatic heterocycles. The van der Waals surface area contributed by atoms with Crippen molar-refractivity contribution in [1.29, 1.82) is 0 Å². The highest BCUT2D eigenvalue weighted by Crippen LogP contribution is 2.25. The molecular weight excluding hydrogens is 410 g/mol. The zero-order valence-corrected chi connectivity index (χ0v) is 17.8. The maximum absolute atomic E-state index is 13.6. The Kier molecular flexibility index (Phi) is 4.67.